The molecule has 0 aliphatic carbocycles. The highest BCUT2D eigenvalue weighted by atomic mass is 32.1. The van der Waals surface area contributed by atoms with E-state index in [1.807, 2.05) is 28.0 Å². The summed E-state index contributed by atoms with van der Waals surface area (Å²) in [7, 11) is 0. The van der Waals surface area contributed by atoms with E-state index in [4.69, 9.17) is 5.26 Å². The maximum Gasteiger partial charge on any atom is 0.194 e. The lowest BCUT2D eigenvalue weighted by Crippen LogP contribution is -1.93. The van der Waals surface area contributed by atoms with Crippen molar-refractivity contribution in [1.82, 2.24) is 14.4 Å². The highest BCUT2D eigenvalue weighted by Gasteiger charge is 2.11. The zero-order valence-electron chi connectivity index (χ0n) is 8.87. The predicted molar refractivity (Wildman–Crippen MR) is 65.6 cm³/mol. The SMILES string of the molecule is N#CCc1cnc2scc(-c3ccccn3)n12. The number of nitrogens with zero attached hydrogens (tertiary/aromatic N) is 4. The number of imidazole rings is 1. The van der Waals surface area contributed by atoms with Gasteiger partial charge in [-0.2, -0.15) is 5.26 Å². The van der Waals surface area contributed by atoms with Gasteiger partial charge in [-0.05, 0) is 12.1 Å². The summed E-state index contributed by atoms with van der Waals surface area (Å²) in [5.41, 5.74) is 2.80. The summed E-state index contributed by atoms with van der Waals surface area (Å²) in [6.07, 6.45) is 3.87. The molecule has 4 nitrogen and oxygen atoms in total. The first kappa shape index (κ1) is 10.00. The fraction of sp³-hybridized carbons (Fsp3) is 0.0833. The van der Waals surface area contributed by atoms with Gasteiger partial charge in [-0.1, -0.05) is 6.07 Å². The fourth-order valence-corrected chi connectivity index (χ4v) is 2.64. The van der Waals surface area contributed by atoms with Crippen molar-refractivity contribution < 1.29 is 0 Å². The van der Waals surface area contributed by atoms with Crippen LogP contribution in [0.5, 0.6) is 0 Å². The summed E-state index contributed by atoms with van der Waals surface area (Å²) in [5.74, 6) is 0. The van der Waals surface area contributed by atoms with E-state index in [0.717, 1.165) is 22.0 Å². The Hall–Kier alpha value is -2.19. The van der Waals surface area contributed by atoms with E-state index in [2.05, 4.69) is 16.0 Å². The Morgan fingerprint density at radius 1 is 1.35 bits per heavy atom. The van der Waals surface area contributed by atoms with Crippen molar-refractivity contribution in [2.24, 2.45) is 0 Å². The maximum absolute atomic E-state index is 8.79. The zero-order chi connectivity index (χ0) is 11.7. The summed E-state index contributed by atoms with van der Waals surface area (Å²) >= 11 is 1.56. The molecule has 0 aliphatic rings. The molecular weight excluding hydrogens is 232 g/mol. The van der Waals surface area contributed by atoms with E-state index < -0.39 is 0 Å². The van der Waals surface area contributed by atoms with Gasteiger partial charge in [0.2, 0.25) is 0 Å². The van der Waals surface area contributed by atoms with E-state index in [0.29, 0.717) is 6.42 Å². The Labute approximate surface area is 102 Å². The van der Waals surface area contributed by atoms with Gasteiger partial charge in [0.1, 0.15) is 0 Å². The van der Waals surface area contributed by atoms with Crippen LogP contribution in [0.4, 0.5) is 0 Å². The normalized spacial score (nSPS) is 10.5. The predicted octanol–water partition coefficient (Wildman–Crippen LogP) is 2.52. The second kappa shape index (κ2) is 4.00. The number of rotatable bonds is 2. The Morgan fingerprint density at radius 2 is 2.29 bits per heavy atom. The minimum Gasteiger partial charge on any atom is -0.285 e. The van der Waals surface area contributed by atoms with Crippen LogP contribution in [0.1, 0.15) is 5.69 Å². The molecule has 3 aromatic rings. The fourth-order valence-electron chi connectivity index (χ4n) is 1.77. The Morgan fingerprint density at radius 3 is 3.06 bits per heavy atom. The topological polar surface area (TPSA) is 54.0 Å². The number of nitriles is 1. The first-order valence-electron chi connectivity index (χ1n) is 5.12. The lowest BCUT2D eigenvalue weighted by molar-refractivity contribution is 1.07. The number of thiazole rings is 1. The molecule has 5 heteroatoms. The Bertz CT molecular complexity index is 690. The number of hydrogen-bond donors (Lipinski definition) is 0. The lowest BCUT2D eigenvalue weighted by atomic mass is 10.3. The van der Waals surface area contributed by atoms with Crippen LogP contribution in [0, 0.1) is 11.3 Å². The lowest BCUT2D eigenvalue weighted by Gasteiger charge is -2.00. The summed E-state index contributed by atoms with van der Waals surface area (Å²) in [6, 6.07) is 7.95. The largest absolute Gasteiger partial charge is 0.285 e. The molecule has 17 heavy (non-hydrogen) atoms. The van der Waals surface area contributed by atoms with Gasteiger partial charge in [0.05, 0.1) is 35.8 Å². The van der Waals surface area contributed by atoms with Crippen LogP contribution in [0.25, 0.3) is 16.3 Å². The molecule has 0 N–H and O–H groups in total. The molecule has 3 rings (SSSR count). The van der Waals surface area contributed by atoms with Gasteiger partial charge in [0, 0.05) is 11.6 Å². The summed E-state index contributed by atoms with van der Waals surface area (Å²) < 4.78 is 2.00. The van der Waals surface area contributed by atoms with Crippen LogP contribution in [-0.2, 0) is 6.42 Å². The van der Waals surface area contributed by atoms with Gasteiger partial charge in [0.15, 0.2) is 4.96 Å². The molecule has 0 saturated carbocycles. The van der Waals surface area contributed by atoms with Crippen molar-refractivity contribution >= 4 is 16.3 Å². The average molecular weight is 240 g/mol. The van der Waals surface area contributed by atoms with E-state index in [-0.39, 0.29) is 0 Å². The number of aromatic nitrogens is 3. The van der Waals surface area contributed by atoms with Crippen LogP contribution >= 0.6 is 11.3 Å². The number of hydrogen-bond acceptors (Lipinski definition) is 4. The molecule has 0 bridgehead atoms. The molecule has 0 radical (unpaired) electrons. The molecule has 0 saturated heterocycles. The van der Waals surface area contributed by atoms with Crippen LogP contribution in [0.15, 0.2) is 36.0 Å². The summed E-state index contributed by atoms with van der Waals surface area (Å²) in [5, 5.41) is 10.8. The highest BCUT2D eigenvalue weighted by Crippen LogP contribution is 2.25. The molecule has 0 spiro atoms. The molecule has 3 aromatic heterocycles. The molecule has 0 unspecified atom stereocenters. The standard InChI is InChI=1S/C12H8N4S/c13-5-4-9-7-15-12-16(9)11(8-17-12)10-3-1-2-6-14-10/h1-3,6-8H,4H2. The second-order valence-corrected chi connectivity index (χ2v) is 4.37. The minimum absolute atomic E-state index is 0.359. The van der Waals surface area contributed by atoms with Crippen LogP contribution in [0.3, 0.4) is 0 Å². The first-order chi connectivity index (χ1) is 8.40. The van der Waals surface area contributed by atoms with Crippen molar-refractivity contribution in [2.75, 3.05) is 0 Å². The number of pyridine rings is 1. The average Bonchev–Trinajstić information content (AvgIpc) is 2.94. The van der Waals surface area contributed by atoms with Gasteiger partial charge in [-0.25, -0.2) is 4.98 Å². The molecule has 0 fully saturated rings. The molecule has 82 valence electrons. The van der Waals surface area contributed by atoms with E-state index >= 15 is 0 Å². The highest BCUT2D eigenvalue weighted by molar-refractivity contribution is 7.15. The second-order valence-electron chi connectivity index (χ2n) is 3.54. The van der Waals surface area contributed by atoms with Gasteiger partial charge in [-0.15, -0.1) is 11.3 Å². The Balaban J connectivity index is 2.24. The summed E-state index contributed by atoms with van der Waals surface area (Å²) in [6.45, 7) is 0. The van der Waals surface area contributed by atoms with E-state index in [1.54, 1.807) is 23.7 Å². The quantitative estimate of drug-likeness (QED) is 0.691. The van der Waals surface area contributed by atoms with Crippen LogP contribution in [-0.4, -0.2) is 14.4 Å². The monoisotopic (exact) mass is 240 g/mol. The third-order valence-corrected chi connectivity index (χ3v) is 3.35. The zero-order valence-corrected chi connectivity index (χ0v) is 9.68. The minimum atomic E-state index is 0.359. The van der Waals surface area contributed by atoms with Gasteiger partial charge >= 0.3 is 0 Å². The van der Waals surface area contributed by atoms with Crippen molar-refractivity contribution in [2.45, 2.75) is 6.42 Å². The molecule has 0 atom stereocenters. The third-order valence-electron chi connectivity index (χ3n) is 2.51. The smallest absolute Gasteiger partial charge is 0.194 e. The molecule has 0 amide bonds. The van der Waals surface area contributed by atoms with Crippen LogP contribution < -0.4 is 0 Å². The molecular formula is C12H8N4S. The van der Waals surface area contributed by atoms with Gasteiger partial charge < -0.3 is 0 Å². The molecule has 0 aromatic carbocycles. The Kier molecular flexibility index (Phi) is 2.35. The van der Waals surface area contributed by atoms with E-state index in [1.165, 1.54) is 0 Å². The van der Waals surface area contributed by atoms with Crippen molar-refractivity contribution in [3.8, 4) is 17.5 Å². The van der Waals surface area contributed by atoms with Crippen LogP contribution in [0.2, 0.25) is 0 Å². The third kappa shape index (κ3) is 1.59. The van der Waals surface area contributed by atoms with Gasteiger partial charge in [0.25, 0.3) is 0 Å². The van der Waals surface area contributed by atoms with Gasteiger partial charge in [-0.3, -0.25) is 9.38 Å². The summed E-state index contributed by atoms with van der Waals surface area (Å²) in [4.78, 5) is 9.51. The van der Waals surface area contributed by atoms with E-state index in [9.17, 15) is 0 Å². The molecule has 0 aliphatic heterocycles. The molecule has 3 heterocycles. The maximum atomic E-state index is 8.79. The van der Waals surface area contributed by atoms with Crippen molar-refractivity contribution in [3.63, 3.8) is 0 Å². The first-order valence-corrected chi connectivity index (χ1v) is 6.00. The number of fused-ring (bicyclic) bond motifs is 1. The van der Waals surface area contributed by atoms with Crippen molar-refractivity contribution in [1.29, 1.82) is 5.26 Å². The van der Waals surface area contributed by atoms with Crippen molar-refractivity contribution in [3.05, 3.63) is 41.7 Å².